The van der Waals surface area contributed by atoms with E-state index in [0.29, 0.717) is 11.1 Å². The summed E-state index contributed by atoms with van der Waals surface area (Å²) in [6.45, 7) is 3.16. The van der Waals surface area contributed by atoms with Crippen LogP contribution in [-0.4, -0.2) is 62.7 Å². The van der Waals surface area contributed by atoms with Crippen LogP contribution < -0.4 is 9.47 Å². The van der Waals surface area contributed by atoms with E-state index in [1.54, 1.807) is 6.92 Å². The smallest absolute Gasteiger partial charge is 0.201 e. The second-order valence-electron chi connectivity index (χ2n) is 11.0. The summed E-state index contributed by atoms with van der Waals surface area (Å²) < 4.78 is 11.1. The first kappa shape index (κ1) is 27.1. The minimum absolute atomic E-state index is 0.00472. The normalized spacial score (nSPS) is 17.6. The lowest BCUT2D eigenvalue weighted by atomic mass is 9.77. The molecule has 2 aliphatic rings. The molecule has 0 aromatic heterocycles. The van der Waals surface area contributed by atoms with Gasteiger partial charge >= 0.3 is 0 Å². The molecule has 5 N–H and O–H groups in total. The van der Waals surface area contributed by atoms with Crippen LogP contribution in [0, 0.1) is 6.92 Å². The standard InChI is InChI=1S/C32H26O10/c1-12-5-15-24(17(33)6-12)30(38)26-16(28(15)36)8-20(41-3)27(31(26)39)25-14-7-13-10-32(2,40)11-19(35)22(13)29(37)23(14)18(34)9-21(25)42-4/h5-9,33-34,37,39-40H,10-11H2,1-4H3. The largest absolute Gasteiger partial charge is 0.507 e. The van der Waals surface area contributed by atoms with Gasteiger partial charge in [0.15, 0.2) is 11.6 Å². The summed E-state index contributed by atoms with van der Waals surface area (Å²) in [5.41, 5.74) is -1.36. The number of phenolic OH excluding ortho intramolecular Hbond substituents is 4. The van der Waals surface area contributed by atoms with Crippen molar-refractivity contribution in [2.75, 3.05) is 14.2 Å². The minimum Gasteiger partial charge on any atom is -0.507 e. The Morgan fingerprint density at radius 3 is 2.00 bits per heavy atom. The maximum Gasteiger partial charge on any atom is 0.201 e. The summed E-state index contributed by atoms with van der Waals surface area (Å²) in [6.07, 6.45) is -0.225. The van der Waals surface area contributed by atoms with E-state index in [9.17, 15) is 39.9 Å². The van der Waals surface area contributed by atoms with E-state index in [1.807, 2.05) is 0 Å². The highest BCUT2D eigenvalue weighted by Crippen LogP contribution is 2.54. The Hall–Kier alpha value is -5.09. The van der Waals surface area contributed by atoms with Gasteiger partial charge in [0.1, 0.15) is 34.5 Å². The summed E-state index contributed by atoms with van der Waals surface area (Å²) >= 11 is 0. The highest BCUT2D eigenvalue weighted by molar-refractivity contribution is 6.31. The number of ether oxygens (including phenoxy) is 2. The number of carbonyl (C=O) groups is 3. The predicted molar refractivity (Wildman–Crippen MR) is 150 cm³/mol. The van der Waals surface area contributed by atoms with Gasteiger partial charge in [0.05, 0.1) is 47.5 Å². The van der Waals surface area contributed by atoms with Gasteiger partial charge in [-0.05, 0) is 49.2 Å². The topological polar surface area (TPSA) is 171 Å². The molecule has 214 valence electrons. The molecular weight excluding hydrogens is 544 g/mol. The van der Waals surface area contributed by atoms with Crippen LogP contribution in [-0.2, 0) is 6.42 Å². The Balaban J connectivity index is 1.73. The molecule has 10 nitrogen and oxygen atoms in total. The number of carbonyl (C=O) groups excluding carboxylic acids is 3. The van der Waals surface area contributed by atoms with Crippen LogP contribution in [0.4, 0.5) is 0 Å². The summed E-state index contributed by atoms with van der Waals surface area (Å²) in [5.74, 6) is -3.92. The van der Waals surface area contributed by atoms with Gasteiger partial charge < -0.3 is 35.0 Å². The molecule has 0 aliphatic heterocycles. The van der Waals surface area contributed by atoms with Gasteiger partial charge in [0.25, 0.3) is 0 Å². The molecule has 4 aromatic carbocycles. The molecule has 10 heteroatoms. The molecule has 0 radical (unpaired) electrons. The molecule has 1 unspecified atom stereocenters. The monoisotopic (exact) mass is 570 g/mol. The number of aromatic hydroxyl groups is 4. The molecule has 0 heterocycles. The molecular formula is C32H26O10. The van der Waals surface area contributed by atoms with E-state index in [2.05, 4.69) is 0 Å². The number of benzene rings is 4. The SMILES string of the molecule is COc1cc2c(c(O)c1-c1c(OC)cc(O)c3c(O)c4c(cc13)CC(C)(O)CC4=O)C(=O)c1c(O)cc(C)cc1C2=O. The number of aliphatic hydroxyl groups is 1. The molecule has 1 atom stereocenters. The van der Waals surface area contributed by atoms with Crippen molar-refractivity contribution in [3.8, 4) is 45.6 Å². The predicted octanol–water partition coefficient (Wildman–Crippen LogP) is 4.31. The lowest BCUT2D eigenvalue weighted by molar-refractivity contribution is 0.0409. The molecule has 0 amide bonds. The van der Waals surface area contributed by atoms with Crippen LogP contribution in [0.3, 0.4) is 0 Å². The van der Waals surface area contributed by atoms with Crippen LogP contribution in [0.25, 0.3) is 21.9 Å². The van der Waals surface area contributed by atoms with Crippen LogP contribution in [0.5, 0.6) is 34.5 Å². The maximum atomic E-state index is 13.7. The average molecular weight is 571 g/mol. The molecule has 0 spiro atoms. The Morgan fingerprint density at radius 2 is 1.33 bits per heavy atom. The summed E-state index contributed by atoms with van der Waals surface area (Å²) in [4.78, 5) is 40.2. The van der Waals surface area contributed by atoms with E-state index in [-0.39, 0.29) is 74.1 Å². The van der Waals surface area contributed by atoms with Crippen molar-refractivity contribution in [1.29, 1.82) is 0 Å². The van der Waals surface area contributed by atoms with E-state index >= 15 is 0 Å². The summed E-state index contributed by atoms with van der Waals surface area (Å²) in [5, 5.41) is 55.2. The summed E-state index contributed by atoms with van der Waals surface area (Å²) in [7, 11) is 2.61. The molecule has 4 aromatic rings. The van der Waals surface area contributed by atoms with Gasteiger partial charge in [0, 0.05) is 41.0 Å². The number of ketones is 3. The number of methoxy groups -OCH3 is 2. The molecule has 0 bridgehead atoms. The Morgan fingerprint density at radius 1 is 0.690 bits per heavy atom. The zero-order chi connectivity index (χ0) is 30.4. The van der Waals surface area contributed by atoms with Gasteiger partial charge in [-0.2, -0.15) is 0 Å². The van der Waals surface area contributed by atoms with Gasteiger partial charge in [-0.15, -0.1) is 0 Å². The molecule has 6 rings (SSSR count). The third-order valence-electron chi connectivity index (χ3n) is 7.97. The van der Waals surface area contributed by atoms with E-state index in [4.69, 9.17) is 9.47 Å². The summed E-state index contributed by atoms with van der Waals surface area (Å²) in [6, 6.07) is 6.81. The van der Waals surface area contributed by atoms with Crippen LogP contribution in [0.15, 0.2) is 30.3 Å². The zero-order valence-corrected chi connectivity index (χ0v) is 23.1. The van der Waals surface area contributed by atoms with Crippen molar-refractivity contribution in [1.82, 2.24) is 0 Å². The van der Waals surface area contributed by atoms with E-state index in [1.165, 1.54) is 51.5 Å². The van der Waals surface area contributed by atoms with Gasteiger partial charge in [-0.1, -0.05) is 0 Å². The van der Waals surface area contributed by atoms with Crippen molar-refractivity contribution < 1.29 is 49.4 Å². The van der Waals surface area contributed by atoms with E-state index in [0.717, 1.165) is 0 Å². The van der Waals surface area contributed by atoms with Crippen LogP contribution >= 0.6 is 0 Å². The molecule has 0 saturated carbocycles. The quantitative estimate of drug-likeness (QED) is 0.211. The fourth-order valence-electron chi connectivity index (χ4n) is 6.27. The third kappa shape index (κ3) is 3.65. The number of rotatable bonds is 3. The number of hydrogen-bond acceptors (Lipinski definition) is 10. The van der Waals surface area contributed by atoms with Gasteiger partial charge in [-0.25, -0.2) is 0 Å². The third-order valence-corrected chi connectivity index (χ3v) is 7.97. The van der Waals surface area contributed by atoms with Gasteiger partial charge in [0.2, 0.25) is 5.78 Å². The zero-order valence-electron chi connectivity index (χ0n) is 23.1. The van der Waals surface area contributed by atoms with Crippen LogP contribution in [0.2, 0.25) is 0 Å². The van der Waals surface area contributed by atoms with Crippen molar-refractivity contribution in [3.05, 3.63) is 69.3 Å². The Bertz CT molecular complexity index is 1930. The van der Waals surface area contributed by atoms with Crippen molar-refractivity contribution >= 4 is 28.1 Å². The molecule has 0 saturated heterocycles. The average Bonchev–Trinajstić information content (AvgIpc) is 2.89. The number of aryl methyl sites for hydroxylation is 1. The highest BCUT2D eigenvalue weighted by atomic mass is 16.5. The first-order chi connectivity index (χ1) is 19.8. The van der Waals surface area contributed by atoms with Crippen molar-refractivity contribution in [2.24, 2.45) is 0 Å². The second kappa shape index (κ2) is 8.95. The molecule has 42 heavy (non-hydrogen) atoms. The van der Waals surface area contributed by atoms with E-state index < -0.39 is 45.9 Å². The number of hydrogen-bond donors (Lipinski definition) is 5. The Labute approximate surface area is 239 Å². The lowest BCUT2D eigenvalue weighted by Gasteiger charge is -2.30. The molecule has 2 aliphatic carbocycles. The number of fused-ring (bicyclic) bond motifs is 4. The fourth-order valence-corrected chi connectivity index (χ4v) is 6.27. The minimum atomic E-state index is -1.39. The first-order valence-corrected chi connectivity index (χ1v) is 13.0. The second-order valence-corrected chi connectivity index (χ2v) is 11.0. The number of Topliss-reactive ketones (excluding diaryl/α,β-unsaturated/α-hetero) is 1. The molecule has 0 fully saturated rings. The van der Waals surface area contributed by atoms with Crippen molar-refractivity contribution in [3.63, 3.8) is 0 Å². The highest BCUT2D eigenvalue weighted by Gasteiger charge is 2.39. The fraction of sp³-hybridized carbons (Fsp3) is 0.219. The van der Waals surface area contributed by atoms with Gasteiger partial charge in [-0.3, -0.25) is 14.4 Å². The lowest BCUT2D eigenvalue weighted by Crippen LogP contribution is -2.35. The maximum absolute atomic E-state index is 13.7. The van der Waals surface area contributed by atoms with Crippen molar-refractivity contribution in [2.45, 2.75) is 32.3 Å². The number of phenols is 4. The first-order valence-electron chi connectivity index (χ1n) is 13.0. The van der Waals surface area contributed by atoms with Crippen LogP contribution in [0.1, 0.15) is 66.7 Å². The Kier molecular flexibility index (Phi) is 5.78.